The van der Waals surface area contributed by atoms with E-state index in [0.29, 0.717) is 12.1 Å². The largest absolute Gasteiger partial charge is 0.355 e. The number of rotatable bonds is 7. The maximum Gasteiger partial charge on any atom is 0.252 e. The molecule has 0 radical (unpaired) electrons. The summed E-state index contributed by atoms with van der Waals surface area (Å²) in [6.07, 6.45) is 1.56. The summed E-state index contributed by atoms with van der Waals surface area (Å²) in [4.78, 5) is 21.9. The average Bonchev–Trinajstić information content (AvgIpc) is 3.16. The van der Waals surface area contributed by atoms with Crippen LogP contribution < -0.4 is 5.32 Å². The zero-order valence-corrected chi connectivity index (χ0v) is 17.8. The van der Waals surface area contributed by atoms with E-state index in [0.717, 1.165) is 44.8 Å². The Kier molecular flexibility index (Phi) is 6.31. The van der Waals surface area contributed by atoms with Gasteiger partial charge in [-0.3, -0.25) is 9.78 Å². The second-order valence-electron chi connectivity index (χ2n) is 6.79. The van der Waals surface area contributed by atoms with E-state index in [1.807, 2.05) is 30.3 Å². The van der Waals surface area contributed by atoms with Crippen molar-refractivity contribution in [1.82, 2.24) is 14.9 Å². The van der Waals surface area contributed by atoms with Crippen molar-refractivity contribution in [3.8, 4) is 11.4 Å². The van der Waals surface area contributed by atoms with Crippen LogP contribution in [-0.4, -0.2) is 29.6 Å². The fourth-order valence-corrected chi connectivity index (χ4v) is 3.80. The summed E-state index contributed by atoms with van der Waals surface area (Å²) < 4.78 is 20.5. The van der Waals surface area contributed by atoms with Gasteiger partial charge in [-0.2, -0.15) is 4.33 Å². The molecule has 1 amide bonds. The van der Waals surface area contributed by atoms with E-state index >= 15 is 0 Å². The smallest absolute Gasteiger partial charge is 0.252 e. The van der Waals surface area contributed by atoms with Crippen molar-refractivity contribution >= 4 is 28.9 Å². The number of amides is 1. The summed E-state index contributed by atoms with van der Waals surface area (Å²) in [6.45, 7) is 0.541. The molecular formula is C23H20FN3O3S. The molecule has 4 rings (SSSR count). The normalized spacial score (nSPS) is 11.1. The van der Waals surface area contributed by atoms with Gasteiger partial charge in [0.05, 0.1) is 36.1 Å². The number of hydrogen-bond acceptors (Lipinski definition) is 5. The highest BCUT2D eigenvalue weighted by atomic mass is 32.2. The van der Waals surface area contributed by atoms with Crippen LogP contribution in [0.2, 0.25) is 0 Å². The number of carbonyl (C=O) groups excluding carboxylic acids is 1. The number of fused-ring (bicyclic) bond motifs is 1. The van der Waals surface area contributed by atoms with Crippen LogP contribution in [0.3, 0.4) is 0 Å². The van der Waals surface area contributed by atoms with Crippen LogP contribution >= 0.6 is 12.0 Å². The Morgan fingerprint density at radius 3 is 2.61 bits per heavy atom. The monoisotopic (exact) mass is 437 g/mol. The molecule has 2 aromatic heterocycles. The Labute approximate surface area is 183 Å². The van der Waals surface area contributed by atoms with Gasteiger partial charge < -0.3 is 9.88 Å². The summed E-state index contributed by atoms with van der Waals surface area (Å²) in [5.41, 5.74) is 4.07. The predicted molar refractivity (Wildman–Crippen MR) is 118 cm³/mol. The van der Waals surface area contributed by atoms with Gasteiger partial charge in [0, 0.05) is 35.6 Å². The predicted octanol–water partition coefficient (Wildman–Crippen LogP) is 4.84. The molecule has 0 aliphatic heterocycles. The molecule has 0 unspecified atom stereocenters. The van der Waals surface area contributed by atoms with E-state index in [9.17, 15) is 9.18 Å². The molecule has 0 atom stereocenters. The fraction of sp³-hybridized carbons (Fsp3) is 0.130. The van der Waals surface area contributed by atoms with Crippen LogP contribution in [0, 0.1) is 5.82 Å². The highest BCUT2D eigenvalue weighted by Gasteiger charge is 2.14. The zero-order valence-electron chi connectivity index (χ0n) is 17.0. The summed E-state index contributed by atoms with van der Waals surface area (Å²) >= 11 is 1.13. The van der Waals surface area contributed by atoms with Gasteiger partial charge >= 0.3 is 0 Å². The van der Waals surface area contributed by atoms with E-state index < -0.39 is 0 Å². The maximum absolute atomic E-state index is 13.4. The molecule has 158 valence electrons. The van der Waals surface area contributed by atoms with Gasteiger partial charge in [-0.25, -0.2) is 9.28 Å². The number of benzene rings is 2. The summed E-state index contributed by atoms with van der Waals surface area (Å²) in [5.74, 6) is -0.460. The van der Waals surface area contributed by atoms with E-state index in [2.05, 4.69) is 19.8 Å². The number of halogens is 1. The minimum atomic E-state index is -0.271. The van der Waals surface area contributed by atoms with Crippen molar-refractivity contribution in [3.63, 3.8) is 0 Å². The number of aromatic nitrogens is 2. The highest BCUT2D eigenvalue weighted by Crippen LogP contribution is 2.31. The Bertz CT molecular complexity index is 1210. The van der Waals surface area contributed by atoms with Crippen LogP contribution in [0.25, 0.3) is 22.3 Å². The number of carbonyl (C=O) groups is 1. The second kappa shape index (κ2) is 9.30. The molecule has 0 bridgehead atoms. The van der Waals surface area contributed by atoms with Crippen LogP contribution in [0.4, 0.5) is 4.39 Å². The van der Waals surface area contributed by atoms with Crippen molar-refractivity contribution in [3.05, 3.63) is 83.8 Å². The third-order valence-corrected chi connectivity index (χ3v) is 5.49. The molecule has 0 spiro atoms. The van der Waals surface area contributed by atoms with Crippen molar-refractivity contribution in [2.45, 2.75) is 11.4 Å². The van der Waals surface area contributed by atoms with E-state index in [1.54, 1.807) is 31.4 Å². The van der Waals surface area contributed by atoms with Crippen LogP contribution in [0.5, 0.6) is 0 Å². The third kappa shape index (κ3) is 4.61. The molecule has 2 heterocycles. The number of pyridine rings is 1. The minimum Gasteiger partial charge on any atom is -0.355 e. The lowest BCUT2D eigenvalue weighted by Crippen LogP contribution is -2.17. The molecule has 0 aliphatic carbocycles. The molecule has 1 N–H and O–H groups in total. The number of nitrogens with one attached hydrogen (secondary N) is 1. The van der Waals surface area contributed by atoms with E-state index in [4.69, 9.17) is 4.33 Å². The van der Waals surface area contributed by atoms with Crippen LogP contribution in [-0.2, 0) is 15.8 Å². The summed E-state index contributed by atoms with van der Waals surface area (Å²) in [7, 11) is 3.04. The summed E-state index contributed by atoms with van der Waals surface area (Å²) in [5, 5.41) is 3.59. The minimum absolute atomic E-state index is 0.189. The van der Waals surface area contributed by atoms with E-state index in [-0.39, 0.29) is 11.7 Å². The first-order chi connectivity index (χ1) is 15.1. The zero-order chi connectivity index (χ0) is 21.8. The number of nitrogens with zero attached hydrogens (tertiary/aromatic N) is 2. The van der Waals surface area contributed by atoms with Gasteiger partial charge in [-0.05, 0) is 54.1 Å². The topological polar surface area (TPSA) is 65.4 Å². The Hall–Kier alpha value is -3.20. The van der Waals surface area contributed by atoms with Gasteiger partial charge in [-0.15, -0.1) is 0 Å². The van der Waals surface area contributed by atoms with Crippen LogP contribution in [0.15, 0.2) is 71.8 Å². The quantitative estimate of drug-likeness (QED) is 0.255. The molecule has 0 aliphatic rings. The molecule has 8 heteroatoms. The lowest BCUT2D eigenvalue weighted by molar-refractivity contribution is -0.160. The van der Waals surface area contributed by atoms with Crippen molar-refractivity contribution in [1.29, 1.82) is 0 Å². The van der Waals surface area contributed by atoms with Gasteiger partial charge in [0.1, 0.15) is 5.82 Å². The van der Waals surface area contributed by atoms with Gasteiger partial charge in [-0.1, -0.05) is 12.1 Å². The van der Waals surface area contributed by atoms with Crippen molar-refractivity contribution < 1.29 is 18.4 Å². The molecule has 0 fully saturated rings. The maximum atomic E-state index is 13.4. The Balaban J connectivity index is 1.79. The first kappa shape index (κ1) is 21.0. The van der Waals surface area contributed by atoms with Gasteiger partial charge in [0.2, 0.25) is 0 Å². The lowest BCUT2D eigenvalue weighted by Gasteiger charge is -2.11. The third-order valence-electron chi connectivity index (χ3n) is 4.84. The van der Waals surface area contributed by atoms with Crippen LogP contribution in [0.1, 0.15) is 15.9 Å². The molecule has 0 saturated carbocycles. The summed E-state index contributed by atoms with van der Waals surface area (Å²) in [6, 6.07) is 18.0. The lowest BCUT2D eigenvalue weighted by atomic mass is 10.2. The highest BCUT2D eigenvalue weighted by molar-refractivity contribution is 7.94. The SMILES string of the molecule is CNC(=O)c1ccc(-c2cc3cc(SOOC)ccc3n2Cc2ccc(F)cc2)nc1. The molecule has 2 aromatic carbocycles. The molecule has 31 heavy (non-hydrogen) atoms. The molecule has 6 nitrogen and oxygen atoms in total. The van der Waals surface area contributed by atoms with Gasteiger partial charge in [0.25, 0.3) is 5.91 Å². The average molecular weight is 437 g/mol. The second-order valence-corrected chi connectivity index (χ2v) is 7.57. The number of hydrogen-bond donors (Lipinski definition) is 1. The van der Waals surface area contributed by atoms with Crippen molar-refractivity contribution in [2.75, 3.05) is 14.2 Å². The Morgan fingerprint density at radius 1 is 1.13 bits per heavy atom. The Morgan fingerprint density at radius 2 is 1.94 bits per heavy atom. The first-order valence-corrected chi connectivity index (χ1v) is 10.3. The van der Waals surface area contributed by atoms with Gasteiger partial charge in [0.15, 0.2) is 0 Å². The molecular weight excluding hydrogens is 417 g/mol. The molecule has 4 aromatic rings. The standard InChI is InChI=1S/C23H20FN3O3S/c1-25-23(28)16-5-9-20(26-13-16)22-12-17-11-19(31-30-29-2)8-10-21(17)27(22)14-15-3-6-18(24)7-4-15/h3-13H,14H2,1-2H3,(H,25,28). The van der Waals surface area contributed by atoms with E-state index in [1.165, 1.54) is 19.2 Å². The van der Waals surface area contributed by atoms with Crippen molar-refractivity contribution in [2.24, 2.45) is 0 Å². The molecule has 0 saturated heterocycles. The first-order valence-electron chi connectivity index (χ1n) is 9.52. The fourth-order valence-electron chi connectivity index (χ4n) is 3.35.